The zero-order chi connectivity index (χ0) is 20.4. The lowest BCUT2D eigenvalue weighted by molar-refractivity contribution is -0.146. The molecule has 2 N–H and O–H groups in total. The molecule has 2 heterocycles. The highest BCUT2D eigenvalue weighted by Gasteiger charge is 2.56. The molecule has 1 saturated heterocycles. The summed E-state index contributed by atoms with van der Waals surface area (Å²) in [6, 6.07) is 8.63. The summed E-state index contributed by atoms with van der Waals surface area (Å²) < 4.78 is 0. The summed E-state index contributed by atoms with van der Waals surface area (Å²) >= 11 is 0. The fourth-order valence-corrected chi connectivity index (χ4v) is 5.04. The maximum absolute atomic E-state index is 12.8. The van der Waals surface area contributed by atoms with Gasteiger partial charge in [0.15, 0.2) is 0 Å². The number of nitriles is 1. The van der Waals surface area contributed by atoms with Gasteiger partial charge in [0.1, 0.15) is 6.04 Å². The smallest absolute Gasteiger partial charge is 0.312 e. The van der Waals surface area contributed by atoms with Gasteiger partial charge in [-0.3, -0.25) is 14.4 Å². The molecule has 0 unspecified atom stereocenters. The van der Waals surface area contributed by atoms with Gasteiger partial charge in [0.2, 0.25) is 5.91 Å². The molecule has 29 heavy (non-hydrogen) atoms. The van der Waals surface area contributed by atoms with Crippen LogP contribution in [0.15, 0.2) is 24.3 Å². The molecule has 4 rings (SSSR count). The van der Waals surface area contributed by atoms with E-state index in [1.165, 1.54) is 37.0 Å². The Kier molecular flexibility index (Phi) is 5.27. The number of benzene rings is 1. The summed E-state index contributed by atoms with van der Waals surface area (Å²) in [5.74, 6) is -1.02. The molecule has 7 nitrogen and oxygen atoms in total. The number of nitrogens with zero attached hydrogens (tertiary/aromatic N) is 2. The Bertz CT molecular complexity index is 871. The summed E-state index contributed by atoms with van der Waals surface area (Å²) in [5, 5.41) is 15.2. The highest BCUT2D eigenvalue weighted by atomic mass is 16.2. The molecule has 1 aliphatic carbocycles. The number of hydrogen-bond acceptors (Lipinski definition) is 4. The summed E-state index contributed by atoms with van der Waals surface area (Å²) in [6.45, 7) is 0.512. The fourth-order valence-electron chi connectivity index (χ4n) is 5.04. The molecular weight excluding hydrogens is 368 g/mol. The van der Waals surface area contributed by atoms with E-state index in [-0.39, 0.29) is 18.9 Å². The number of hydrogen-bond donors (Lipinski definition) is 2. The minimum absolute atomic E-state index is 0.0446. The van der Waals surface area contributed by atoms with Gasteiger partial charge in [-0.15, -0.1) is 0 Å². The third kappa shape index (κ3) is 3.48. The van der Waals surface area contributed by atoms with Crippen LogP contribution in [0.3, 0.4) is 0 Å². The largest absolute Gasteiger partial charge is 0.348 e. The van der Waals surface area contributed by atoms with Crippen molar-refractivity contribution in [2.45, 2.75) is 56.4 Å². The normalized spacial score (nSPS) is 26.1. The molecule has 0 radical (unpaired) electrons. The Morgan fingerprint density at radius 2 is 2.00 bits per heavy atom. The molecule has 0 aromatic heterocycles. The van der Waals surface area contributed by atoms with E-state index < -0.39 is 23.3 Å². The molecule has 0 bridgehead atoms. The van der Waals surface area contributed by atoms with Crippen LogP contribution in [0.4, 0.5) is 5.69 Å². The maximum atomic E-state index is 12.8. The van der Waals surface area contributed by atoms with Gasteiger partial charge in [0.05, 0.1) is 11.5 Å². The van der Waals surface area contributed by atoms with Gasteiger partial charge >= 0.3 is 11.8 Å². The second kappa shape index (κ2) is 7.86. The second-order valence-electron chi connectivity index (χ2n) is 8.41. The number of rotatable bonds is 3. The quantitative estimate of drug-likeness (QED) is 0.766. The third-order valence-corrected chi connectivity index (χ3v) is 6.65. The minimum atomic E-state index is -0.963. The number of fused-ring (bicyclic) bond motifs is 2. The van der Waals surface area contributed by atoms with Gasteiger partial charge in [0.25, 0.3) is 0 Å². The average molecular weight is 394 g/mol. The van der Waals surface area contributed by atoms with Crippen molar-refractivity contribution in [3.63, 3.8) is 0 Å². The van der Waals surface area contributed by atoms with Crippen LogP contribution in [0.5, 0.6) is 0 Å². The highest BCUT2D eigenvalue weighted by molar-refractivity contribution is 6.35. The molecule has 1 aromatic rings. The van der Waals surface area contributed by atoms with Crippen molar-refractivity contribution in [2.75, 3.05) is 18.4 Å². The standard InChI is InChI=1S/C22H26N4O3/c23-13-16-12-22(17-8-4-5-9-18(17)25-21(22)29)14-26(16)20(28)19(27)24-11-10-15-6-2-1-3-7-15/h4-5,8-9,15-16H,1-3,6-7,10-12,14H2,(H,24,27)(H,25,29)/t16-,22-/m0/s1. The van der Waals surface area contributed by atoms with E-state index in [2.05, 4.69) is 16.7 Å². The van der Waals surface area contributed by atoms with Crippen LogP contribution in [0.2, 0.25) is 0 Å². The lowest BCUT2D eigenvalue weighted by Gasteiger charge is -2.23. The molecule has 3 aliphatic rings. The Labute approximate surface area is 170 Å². The Morgan fingerprint density at radius 3 is 2.76 bits per heavy atom. The molecule has 2 fully saturated rings. The Balaban J connectivity index is 1.42. The van der Waals surface area contributed by atoms with E-state index in [4.69, 9.17) is 0 Å². The lowest BCUT2D eigenvalue weighted by Crippen LogP contribution is -2.47. The second-order valence-corrected chi connectivity index (χ2v) is 8.41. The van der Waals surface area contributed by atoms with E-state index in [0.29, 0.717) is 18.2 Å². The number of carbonyl (C=O) groups excluding carboxylic acids is 3. The van der Waals surface area contributed by atoms with Crippen molar-refractivity contribution in [1.29, 1.82) is 5.26 Å². The minimum Gasteiger partial charge on any atom is -0.348 e. The first-order valence-corrected chi connectivity index (χ1v) is 10.4. The van der Waals surface area contributed by atoms with Crippen LogP contribution < -0.4 is 10.6 Å². The van der Waals surface area contributed by atoms with Crippen molar-refractivity contribution in [1.82, 2.24) is 10.2 Å². The zero-order valence-corrected chi connectivity index (χ0v) is 16.4. The van der Waals surface area contributed by atoms with Crippen molar-refractivity contribution in [3.05, 3.63) is 29.8 Å². The summed E-state index contributed by atoms with van der Waals surface area (Å²) in [5.41, 5.74) is 0.536. The van der Waals surface area contributed by atoms with E-state index in [1.807, 2.05) is 24.3 Å². The van der Waals surface area contributed by atoms with Crippen LogP contribution in [-0.2, 0) is 19.8 Å². The van der Waals surface area contributed by atoms with Crippen LogP contribution >= 0.6 is 0 Å². The molecule has 2 atom stereocenters. The number of amides is 3. The molecule has 1 spiro atoms. The van der Waals surface area contributed by atoms with Crippen LogP contribution in [0.25, 0.3) is 0 Å². The monoisotopic (exact) mass is 394 g/mol. The van der Waals surface area contributed by atoms with Gasteiger partial charge in [-0.2, -0.15) is 5.26 Å². The van der Waals surface area contributed by atoms with E-state index in [9.17, 15) is 19.6 Å². The van der Waals surface area contributed by atoms with E-state index in [1.54, 1.807) is 0 Å². The molecule has 7 heteroatoms. The maximum Gasteiger partial charge on any atom is 0.312 e. The van der Waals surface area contributed by atoms with Gasteiger partial charge in [-0.05, 0) is 24.0 Å². The molecule has 2 aliphatic heterocycles. The van der Waals surface area contributed by atoms with Gasteiger partial charge in [-0.25, -0.2) is 0 Å². The first kappa shape index (κ1) is 19.4. The van der Waals surface area contributed by atoms with Gasteiger partial charge in [-0.1, -0.05) is 50.3 Å². The highest BCUT2D eigenvalue weighted by Crippen LogP contribution is 2.46. The summed E-state index contributed by atoms with van der Waals surface area (Å²) in [7, 11) is 0. The number of carbonyl (C=O) groups is 3. The average Bonchev–Trinajstić information content (AvgIpc) is 3.27. The van der Waals surface area contributed by atoms with Crippen LogP contribution in [0.1, 0.15) is 50.5 Å². The molecule has 1 aromatic carbocycles. The Morgan fingerprint density at radius 1 is 1.24 bits per heavy atom. The molecule has 1 saturated carbocycles. The van der Waals surface area contributed by atoms with Crippen molar-refractivity contribution in [3.8, 4) is 6.07 Å². The molecule has 3 amide bonds. The molecular formula is C22H26N4O3. The van der Waals surface area contributed by atoms with E-state index in [0.717, 1.165) is 12.0 Å². The number of para-hydroxylation sites is 1. The topological polar surface area (TPSA) is 102 Å². The number of anilines is 1. The number of likely N-dealkylation sites (tertiary alicyclic amines) is 1. The fraction of sp³-hybridized carbons (Fsp3) is 0.545. The first-order valence-electron chi connectivity index (χ1n) is 10.4. The van der Waals surface area contributed by atoms with Crippen molar-refractivity contribution < 1.29 is 14.4 Å². The molecule has 152 valence electrons. The predicted octanol–water partition coefficient (Wildman–Crippen LogP) is 2.09. The van der Waals surface area contributed by atoms with Gasteiger partial charge in [0, 0.05) is 25.2 Å². The third-order valence-electron chi connectivity index (χ3n) is 6.65. The van der Waals surface area contributed by atoms with Crippen LogP contribution in [0, 0.1) is 17.2 Å². The summed E-state index contributed by atoms with van der Waals surface area (Å²) in [6.07, 6.45) is 7.20. The number of nitrogens with one attached hydrogen (secondary N) is 2. The van der Waals surface area contributed by atoms with Crippen molar-refractivity contribution in [2.24, 2.45) is 5.92 Å². The zero-order valence-electron chi connectivity index (χ0n) is 16.4. The first-order chi connectivity index (χ1) is 14.0. The van der Waals surface area contributed by atoms with Gasteiger partial charge < -0.3 is 15.5 Å². The SMILES string of the molecule is N#C[C@@H]1C[C@@]2(CN1C(=O)C(=O)NCCC1CCCCC1)C(=O)Nc1ccccc12. The Hall–Kier alpha value is -2.88. The summed E-state index contributed by atoms with van der Waals surface area (Å²) in [4.78, 5) is 39.2. The predicted molar refractivity (Wildman–Crippen MR) is 107 cm³/mol. The van der Waals surface area contributed by atoms with E-state index >= 15 is 0 Å². The van der Waals surface area contributed by atoms with Crippen molar-refractivity contribution >= 4 is 23.4 Å². The lowest BCUT2D eigenvalue weighted by atomic mass is 9.80. The van der Waals surface area contributed by atoms with Crippen LogP contribution in [-0.4, -0.2) is 41.8 Å².